The van der Waals surface area contributed by atoms with Crippen LogP contribution in [0.5, 0.6) is 0 Å². The Morgan fingerprint density at radius 3 is 2.63 bits per heavy atom. The first-order valence-corrected chi connectivity index (χ1v) is 7.84. The lowest BCUT2D eigenvalue weighted by Gasteiger charge is -2.27. The van der Waals surface area contributed by atoms with Crippen LogP contribution in [0.25, 0.3) is 0 Å². The predicted octanol–water partition coefficient (Wildman–Crippen LogP) is 4.02. The number of benzene rings is 1. The second kappa shape index (κ2) is 6.07. The molecule has 0 bridgehead atoms. The minimum atomic E-state index is 0.0768. The van der Waals surface area contributed by atoms with Gasteiger partial charge < -0.3 is 4.90 Å². The molecule has 1 aliphatic carbocycles. The van der Waals surface area contributed by atoms with E-state index in [0.717, 1.165) is 12.1 Å². The summed E-state index contributed by atoms with van der Waals surface area (Å²) in [5.41, 5.74) is 5.32. The fraction of sp³-hybridized carbons (Fsp3) is 0.438. The lowest BCUT2D eigenvalue weighted by molar-refractivity contribution is -0.116. The molecule has 1 aliphatic rings. The van der Waals surface area contributed by atoms with Crippen molar-refractivity contribution in [3.05, 3.63) is 39.0 Å². The smallest absolute Gasteiger partial charge is 0.224 e. The molecule has 0 saturated heterocycles. The maximum Gasteiger partial charge on any atom is 0.224 e. The summed E-state index contributed by atoms with van der Waals surface area (Å²) in [6.45, 7) is 8.11. The molecule has 102 valence electrons. The van der Waals surface area contributed by atoms with Crippen molar-refractivity contribution in [2.45, 2.75) is 39.5 Å². The van der Waals surface area contributed by atoms with Gasteiger partial charge in [0, 0.05) is 17.0 Å². The minimum absolute atomic E-state index is 0.0768. The van der Waals surface area contributed by atoms with Gasteiger partial charge >= 0.3 is 0 Å². The van der Waals surface area contributed by atoms with Crippen molar-refractivity contribution in [3.63, 3.8) is 0 Å². The van der Waals surface area contributed by atoms with Gasteiger partial charge in [-0.15, -0.1) is 6.58 Å². The molecule has 19 heavy (non-hydrogen) atoms. The monoisotopic (exact) mass is 369 g/mol. The van der Waals surface area contributed by atoms with Crippen LogP contribution in [0.15, 0.2) is 18.7 Å². The molecule has 0 spiro atoms. The number of hydrogen-bond donors (Lipinski definition) is 0. The number of halogens is 1. The van der Waals surface area contributed by atoms with Gasteiger partial charge in [-0.05, 0) is 78.0 Å². The average molecular weight is 369 g/mol. The molecule has 0 saturated carbocycles. The number of fused-ring (bicyclic) bond motifs is 1. The maximum absolute atomic E-state index is 11.8. The molecule has 0 atom stereocenters. The van der Waals surface area contributed by atoms with Crippen LogP contribution in [0.1, 0.15) is 36.5 Å². The number of aryl methyl sites for hydroxylation is 1. The van der Waals surface area contributed by atoms with Gasteiger partial charge in [-0.1, -0.05) is 6.08 Å². The van der Waals surface area contributed by atoms with Crippen LogP contribution in [0, 0.1) is 10.5 Å². The summed E-state index contributed by atoms with van der Waals surface area (Å²) in [5, 5.41) is 0. The molecule has 1 amide bonds. The lowest BCUT2D eigenvalue weighted by atomic mass is 9.88. The summed E-state index contributed by atoms with van der Waals surface area (Å²) >= 11 is 2.40. The predicted molar refractivity (Wildman–Crippen MR) is 88.8 cm³/mol. The van der Waals surface area contributed by atoms with E-state index in [-0.39, 0.29) is 5.91 Å². The highest BCUT2D eigenvalue weighted by Crippen LogP contribution is 2.35. The van der Waals surface area contributed by atoms with Crippen LogP contribution in [0.2, 0.25) is 0 Å². The van der Waals surface area contributed by atoms with E-state index < -0.39 is 0 Å². The largest absolute Gasteiger partial charge is 0.308 e. The van der Waals surface area contributed by atoms with Crippen LogP contribution in [-0.4, -0.2) is 12.5 Å². The molecule has 0 aliphatic heterocycles. The molecule has 0 aromatic heterocycles. The Hall–Kier alpha value is -0.840. The Labute approximate surface area is 129 Å². The van der Waals surface area contributed by atoms with E-state index in [9.17, 15) is 4.79 Å². The number of amides is 1. The number of carbonyl (C=O) groups is 1. The van der Waals surface area contributed by atoms with Gasteiger partial charge in [-0.2, -0.15) is 0 Å². The van der Waals surface area contributed by atoms with Crippen molar-refractivity contribution in [1.82, 2.24) is 0 Å². The standard InChI is InChI=1S/C16H20INO/c1-4-9-18(12(3)19)15-10-11(2)13-7-5-6-8-14(13)16(15)17/h4,10H,1,5-9H2,2-3H3. The Morgan fingerprint density at radius 2 is 2.05 bits per heavy atom. The number of hydrogen-bond acceptors (Lipinski definition) is 1. The van der Waals surface area contributed by atoms with Crippen molar-refractivity contribution in [1.29, 1.82) is 0 Å². The summed E-state index contributed by atoms with van der Waals surface area (Å²) in [4.78, 5) is 13.7. The molecule has 0 N–H and O–H groups in total. The van der Waals surface area contributed by atoms with Gasteiger partial charge in [0.25, 0.3) is 0 Å². The lowest BCUT2D eigenvalue weighted by Crippen LogP contribution is -2.30. The highest BCUT2D eigenvalue weighted by atomic mass is 127. The molecule has 0 radical (unpaired) electrons. The SMILES string of the molecule is C=CCN(C(C)=O)c1cc(C)c2c(c1I)CCCC2. The Morgan fingerprint density at radius 1 is 1.42 bits per heavy atom. The van der Waals surface area contributed by atoms with E-state index in [1.807, 2.05) is 4.90 Å². The van der Waals surface area contributed by atoms with Crippen LogP contribution in [-0.2, 0) is 17.6 Å². The second-order valence-electron chi connectivity index (χ2n) is 5.11. The third kappa shape index (κ3) is 2.86. The molecule has 0 heterocycles. The topological polar surface area (TPSA) is 20.3 Å². The summed E-state index contributed by atoms with van der Waals surface area (Å²) in [5.74, 6) is 0.0768. The van der Waals surface area contributed by atoms with Crippen LogP contribution in [0.4, 0.5) is 5.69 Å². The second-order valence-corrected chi connectivity index (χ2v) is 6.19. The molecule has 1 aromatic carbocycles. The van der Waals surface area contributed by atoms with Crippen LogP contribution in [0.3, 0.4) is 0 Å². The van der Waals surface area contributed by atoms with Gasteiger partial charge in [-0.3, -0.25) is 4.79 Å². The Kier molecular flexibility index (Phi) is 4.66. The minimum Gasteiger partial charge on any atom is -0.308 e. The summed E-state index contributed by atoms with van der Waals surface area (Å²) in [7, 11) is 0. The van der Waals surface area contributed by atoms with Crippen LogP contribution >= 0.6 is 22.6 Å². The van der Waals surface area contributed by atoms with Crippen molar-refractivity contribution >= 4 is 34.2 Å². The van der Waals surface area contributed by atoms with Gasteiger partial charge in [-0.25, -0.2) is 0 Å². The van der Waals surface area contributed by atoms with E-state index in [1.165, 1.54) is 39.5 Å². The third-order valence-electron chi connectivity index (χ3n) is 3.77. The number of nitrogens with zero attached hydrogens (tertiary/aromatic N) is 1. The zero-order valence-electron chi connectivity index (χ0n) is 11.6. The average Bonchev–Trinajstić information content (AvgIpc) is 2.40. The van der Waals surface area contributed by atoms with E-state index in [4.69, 9.17) is 0 Å². The molecular formula is C16H20INO. The van der Waals surface area contributed by atoms with Crippen molar-refractivity contribution in [3.8, 4) is 0 Å². The zero-order chi connectivity index (χ0) is 14.0. The highest BCUT2D eigenvalue weighted by molar-refractivity contribution is 14.1. The molecular weight excluding hydrogens is 349 g/mol. The van der Waals surface area contributed by atoms with E-state index >= 15 is 0 Å². The van der Waals surface area contributed by atoms with E-state index in [2.05, 4.69) is 42.2 Å². The summed E-state index contributed by atoms with van der Waals surface area (Å²) in [6, 6.07) is 2.16. The number of rotatable bonds is 3. The number of anilines is 1. The van der Waals surface area contributed by atoms with Crippen molar-refractivity contribution in [2.24, 2.45) is 0 Å². The first-order valence-electron chi connectivity index (χ1n) is 6.76. The van der Waals surface area contributed by atoms with Crippen LogP contribution < -0.4 is 4.90 Å². The first-order chi connectivity index (χ1) is 9.06. The maximum atomic E-state index is 11.8. The van der Waals surface area contributed by atoms with E-state index in [1.54, 1.807) is 13.0 Å². The van der Waals surface area contributed by atoms with Gasteiger partial charge in [0.15, 0.2) is 0 Å². The Balaban J connectivity index is 2.54. The van der Waals surface area contributed by atoms with Crippen molar-refractivity contribution in [2.75, 3.05) is 11.4 Å². The van der Waals surface area contributed by atoms with Gasteiger partial charge in [0.05, 0.1) is 5.69 Å². The quantitative estimate of drug-likeness (QED) is 0.582. The van der Waals surface area contributed by atoms with Gasteiger partial charge in [0.1, 0.15) is 0 Å². The molecule has 3 heteroatoms. The fourth-order valence-corrected chi connectivity index (χ4v) is 3.86. The molecule has 0 unspecified atom stereocenters. The molecule has 1 aromatic rings. The molecule has 0 fully saturated rings. The molecule has 2 rings (SSSR count). The molecule has 2 nitrogen and oxygen atoms in total. The fourth-order valence-electron chi connectivity index (χ4n) is 2.81. The van der Waals surface area contributed by atoms with Gasteiger partial charge in [0.2, 0.25) is 5.91 Å². The highest BCUT2D eigenvalue weighted by Gasteiger charge is 2.21. The van der Waals surface area contributed by atoms with Crippen molar-refractivity contribution < 1.29 is 4.79 Å². The van der Waals surface area contributed by atoms with E-state index in [0.29, 0.717) is 6.54 Å². The normalized spacial score (nSPS) is 13.8. The first kappa shape index (κ1) is 14.6. The summed E-state index contributed by atoms with van der Waals surface area (Å²) in [6.07, 6.45) is 6.65. The third-order valence-corrected chi connectivity index (χ3v) is 4.97. The zero-order valence-corrected chi connectivity index (χ0v) is 13.8. The number of carbonyl (C=O) groups excluding carboxylic acids is 1. The Bertz CT molecular complexity index is 522. The summed E-state index contributed by atoms with van der Waals surface area (Å²) < 4.78 is 1.25.